The Labute approximate surface area is 139 Å². The normalized spacial score (nSPS) is 10.4. The summed E-state index contributed by atoms with van der Waals surface area (Å²) in [4.78, 5) is 20.3. The summed E-state index contributed by atoms with van der Waals surface area (Å²) in [6, 6.07) is 5.70. The quantitative estimate of drug-likeness (QED) is 0.464. The first kappa shape index (κ1) is 15.5. The Balaban J connectivity index is 2.25. The Hall–Kier alpha value is -0.860. The van der Waals surface area contributed by atoms with Gasteiger partial charge in [0.25, 0.3) is 5.91 Å². The molecule has 2 rings (SSSR count). The zero-order valence-corrected chi connectivity index (χ0v) is 14.5. The van der Waals surface area contributed by atoms with Gasteiger partial charge < -0.3 is 5.32 Å². The molecule has 1 N–H and O–H groups in total. The lowest BCUT2D eigenvalue weighted by atomic mass is 10.2. The molecule has 7 heteroatoms. The van der Waals surface area contributed by atoms with E-state index in [1.807, 2.05) is 31.4 Å². The molecule has 0 unspecified atom stereocenters. The monoisotopic (exact) mass is 419 g/mol. The average Bonchev–Trinajstić information content (AvgIpc) is 2.43. The van der Waals surface area contributed by atoms with Gasteiger partial charge in [-0.25, -0.2) is 9.97 Å². The van der Waals surface area contributed by atoms with E-state index < -0.39 is 0 Å². The molecule has 0 radical (unpaired) electrons. The predicted octanol–water partition coefficient (Wildman–Crippen LogP) is 4.02. The molecule has 104 valence electrons. The molecule has 0 bridgehead atoms. The lowest BCUT2D eigenvalue weighted by molar-refractivity contribution is 0.102. The number of halogens is 2. The van der Waals surface area contributed by atoms with E-state index in [9.17, 15) is 4.79 Å². The van der Waals surface area contributed by atoms with Crippen LogP contribution in [0.15, 0.2) is 29.6 Å². The minimum atomic E-state index is -0.340. The van der Waals surface area contributed by atoms with Crippen molar-refractivity contribution in [3.05, 3.63) is 44.2 Å². The van der Waals surface area contributed by atoms with Gasteiger partial charge in [-0.3, -0.25) is 4.79 Å². The summed E-state index contributed by atoms with van der Waals surface area (Å²) in [5.74, 6) is -0.340. The van der Waals surface area contributed by atoms with Crippen LogP contribution in [0.1, 0.15) is 16.1 Å². The van der Waals surface area contributed by atoms with Gasteiger partial charge >= 0.3 is 0 Å². The molecule has 1 aromatic heterocycles. The smallest absolute Gasteiger partial charge is 0.275 e. The van der Waals surface area contributed by atoms with Crippen LogP contribution in [0.5, 0.6) is 0 Å². The Kier molecular flexibility index (Phi) is 5.22. The molecule has 0 aliphatic heterocycles. The van der Waals surface area contributed by atoms with Crippen molar-refractivity contribution in [1.29, 1.82) is 0 Å². The number of thioether (sulfide) groups is 1. The van der Waals surface area contributed by atoms with Crippen LogP contribution in [0.2, 0.25) is 5.02 Å². The van der Waals surface area contributed by atoms with E-state index in [-0.39, 0.29) is 16.6 Å². The predicted molar refractivity (Wildman–Crippen MR) is 90.7 cm³/mol. The fourth-order valence-electron chi connectivity index (χ4n) is 1.47. The number of rotatable bonds is 3. The zero-order valence-electron chi connectivity index (χ0n) is 10.8. The van der Waals surface area contributed by atoms with E-state index in [1.54, 1.807) is 0 Å². The minimum absolute atomic E-state index is 0.182. The van der Waals surface area contributed by atoms with Crippen LogP contribution >= 0.6 is 46.0 Å². The Morgan fingerprint density at radius 1 is 1.45 bits per heavy atom. The minimum Gasteiger partial charge on any atom is -0.321 e. The number of nitrogens with one attached hydrogen (secondary N) is 1. The summed E-state index contributed by atoms with van der Waals surface area (Å²) in [7, 11) is 0. The van der Waals surface area contributed by atoms with E-state index in [2.05, 4.69) is 37.9 Å². The van der Waals surface area contributed by atoms with Crippen LogP contribution in [0.3, 0.4) is 0 Å². The number of carbonyl (C=O) groups is 1. The molecule has 20 heavy (non-hydrogen) atoms. The van der Waals surface area contributed by atoms with Gasteiger partial charge in [-0.15, -0.1) is 0 Å². The summed E-state index contributed by atoms with van der Waals surface area (Å²) in [5.41, 5.74) is 2.06. The molecule has 4 nitrogen and oxygen atoms in total. The van der Waals surface area contributed by atoms with E-state index in [0.29, 0.717) is 10.8 Å². The molecule has 1 amide bonds. The van der Waals surface area contributed by atoms with Crippen LogP contribution < -0.4 is 5.32 Å². The van der Waals surface area contributed by atoms with Crippen molar-refractivity contribution in [3.63, 3.8) is 0 Å². The molecule has 1 heterocycles. The number of carbonyl (C=O) groups excluding carboxylic acids is 1. The van der Waals surface area contributed by atoms with Gasteiger partial charge in [-0.2, -0.15) is 0 Å². The first-order valence-electron chi connectivity index (χ1n) is 5.65. The standard InChI is InChI=1S/C13H11ClIN3OS/c1-7-3-4-8(5-10(7)15)17-12(19)11-9(14)6-16-13(18-11)20-2/h3-6H,1-2H3,(H,17,19). The molecule has 0 fully saturated rings. The van der Waals surface area contributed by atoms with Gasteiger partial charge in [-0.1, -0.05) is 29.4 Å². The Morgan fingerprint density at radius 3 is 2.85 bits per heavy atom. The maximum atomic E-state index is 12.2. The molecular weight excluding hydrogens is 409 g/mol. The molecule has 0 saturated heterocycles. The van der Waals surface area contributed by atoms with Crippen molar-refractivity contribution in [3.8, 4) is 0 Å². The van der Waals surface area contributed by atoms with Crippen molar-refractivity contribution in [1.82, 2.24) is 9.97 Å². The van der Waals surface area contributed by atoms with Gasteiger partial charge in [0.2, 0.25) is 0 Å². The van der Waals surface area contributed by atoms with Gasteiger partial charge in [0.1, 0.15) is 0 Å². The second-order valence-electron chi connectivity index (χ2n) is 3.97. The maximum absolute atomic E-state index is 12.2. The summed E-state index contributed by atoms with van der Waals surface area (Å²) >= 11 is 9.56. The van der Waals surface area contributed by atoms with Crippen molar-refractivity contribution >= 4 is 57.5 Å². The average molecular weight is 420 g/mol. The van der Waals surface area contributed by atoms with Crippen LogP contribution in [0.4, 0.5) is 5.69 Å². The number of anilines is 1. The first-order valence-corrected chi connectivity index (χ1v) is 8.33. The highest BCUT2D eigenvalue weighted by atomic mass is 127. The Morgan fingerprint density at radius 2 is 2.20 bits per heavy atom. The van der Waals surface area contributed by atoms with E-state index in [0.717, 1.165) is 9.13 Å². The highest BCUT2D eigenvalue weighted by Gasteiger charge is 2.14. The van der Waals surface area contributed by atoms with Crippen LogP contribution in [-0.2, 0) is 0 Å². The molecule has 0 aliphatic rings. The third-order valence-electron chi connectivity index (χ3n) is 2.55. The second kappa shape index (κ2) is 6.73. The van der Waals surface area contributed by atoms with Crippen LogP contribution in [0, 0.1) is 10.5 Å². The summed E-state index contributed by atoms with van der Waals surface area (Å²) in [5, 5.41) is 3.54. The van der Waals surface area contributed by atoms with E-state index in [4.69, 9.17) is 11.6 Å². The third kappa shape index (κ3) is 3.62. The number of amides is 1. The fraction of sp³-hybridized carbons (Fsp3) is 0.154. The van der Waals surface area contributed by atoms with Crippen LogP contribution in [-0.4, -0.2) is 22.1 Å². The number of hydrogen-bond donors (Lipinski definition) is 1. The first-order chi connectivity index (χ1) is 9.51. The maximum Gasteiger partial charge on any atom is 0.275 e. The zero-order chi connectivity index (χ0) is 14.7. The summed E-state index contributed by atoms with van der Waals surface area (Å²) in [6.45, 7) is 2.01. The van der Waals surface area contributed by atoms with Gasteiger partial charge in [0.15, 0.2) is 10.9 Å². The van der Waals surface area contributed by atoms with Crippen molar-refractivity contribution in [2.75, 3.05) is 11.6 Å². The molecule has 2 aromatic rings. The Bertz CT molecular complexity index is 666. The van der Waals surface area contributed by atoms with Crippen molar-refractivity contribution in [2.45, 2.75) is 12.1 Å². The fourth-order valence-corrected chi connectivity index (χ4v) is 2.50. The van der Waals surface area contributed by atoms with Gasteiger partial charge in [-0.05, 0) is 53.5 Å². The van der Waals surface area contributed by atoms with Crippen molar-refractivity contribution in [2.24, 2.45) is 0 Å². The van der Waals surface area contributed by atoms with Gasteiger partial charge in [0.05, 0.1) is 11.2 Å². The number of nitrogens with zero attached hydrogens (tertiary/aromatic N) is 2. The topological polar surface area (TPSA) is 54.9 Å². The number of aryl methyl sites for hydroxylation is 1. The summed E-state index contributed by atoms with van der Waals surface area (Å²) in [6.07, 6.45) is 3.28. The van der Waals surface area contributed by atoms with Gasteiger partial charge in [0, 0.05) is 9.26 Å². The molecular formula is C13H11ClIN3OS. The largest absolute Gasteiger partial charge is 0.321 e. The molecule has 0 saturated carbocycles. The SMILES string of the molecule is CSc1ncc(Cl)c(C(=O)Nc2ccc(C)c(I)c2)n1. The van der Waals surface area contributed by atoms with E-state index >= 15 is 0 Å². The highest BCUT2D eigenvalue weighted by Crippen LogP contribution is 2.20. The second-order valence-corrected chi connectivity index (χ2v) is 6.31. The molecule has 0 atom stereocenters. The van der Waals surface area contributed by atoms with Crippen LogP contribution in [0.25, 0.3) is 0 Å². The lowest BCUT2D eigenvalue weighted by Crippen LogP contribution is -2.15. The third-order valence-corrected chi connectivity index (χ3v) is 4.55. The van der Waals surface area contributed by atoms with Crippen molar-refractivity contribution < 1.29 is 4.79 Å². The number of benzene rings is 1. The highest BCUT2D eigenvalue weighted by molar-refractivity contribution is 14.1. The lowest BCUT2D eigenvalue weighted by Gasteiger charge is -2.08. The molecule has 0 spiro atoms. The molecule has 0 aliphatic carbocycles. The van der Waals surface area contributed by atoms with E-state index in [1.165, 1.54) is 18.0 Å². The summed E-state index contributed by atoms with van der Waals surface area (Å²) < 4.78 is 1.08. The number of hydrogen-bond acceptors (Lipinski definition) is 4. The molecule has 1 aromatic carbocycles. The number of aromatic nitrogens is 2.